The first-order chi connectivity index (χ1) is 8.15. The van der Waals surface area contributed by atoms with Crippen molar-refractivity contribution in [3.05, 3.63) is 35.4 Å². The average molecular weight is 232 g/mol. The van der Waals surface area contributed by atoms with Crippen molar-refractivity contribution in [3.63, 3.8) is 0 Å². The van der Waals surface area contributed by atoms with Crippen molar-refractivity contribution in [3.8, 4) is 0 Å². The molecule has 2 rings (SSSR count). The molecule has 0 radical (unpaired) electrons. The summed E-state index contributed by atoms with van der Waals surface area (Å²) in [6.07, 6.45) is 3.47. The molecule has 0 bridgehead atoms. The summed E-state index contributed by atoms with van der Waals surface area (Å²) in [5, 5.41) is 5.94. The highest BCUT2D eigenvalue weighted by Crippen LogP contribution is 2.18. The Morgan fingerprint density at radius 1 is 1.29 bits per heavy atom. The third-order valence-corrected chi connectivity index (χ3v) is 3.37. The van der Waals surface area contributed by atoms with E-state index in [0.29, 0.717) is 6.04 Å². The molecule has 2 N–H and O–H groups in total. The number of urea groups is 1. The molecule has 1 fully saturated rings. The van der Waals surface area contributed by atoms with Crippen molar-refractivity contribution in [1.82, 2.24) is 10.6 Å². The fraction of sp³-hybridized carbons (Fsp3) is 0.500. The predicted molar refractivity (Wildman–Crippen MR) is 68.9 cm³/mol. The number of carbonyl (C=O) groups excluding carboxylic acids is 1. The minimum atomic E-state index is -0.0530. The van der Waals surface area contributed by atoms with E-state index >= 15 is 0 Å². The molecule has 0 heterocycles. The summed E-state index contributed by atoms with van der Waals surface area (Å²) < 4.78 is 0. The maximum atomic E-state index is 11.7. The van der Waals surface area contributed by atoms with Crippen LogP contribution in [0.25, 0.3) is 0 Å². The Kier molecular flexibility index (Phi) is 3.67. The van der Waals surface area contributed by atoms with E-state index in [9.17, 15) is 4.79 Å². The molecule has 0 aliphatic heterocycles. The van der Waals surface area contributed by atoms with E-state index in [4.69, 9.17) is 0 Å². The van der Waals surface area contributed by atoms with Gasteiger partial charge in [0.05, 0.1) is 6.04 Å². The van der Waals surface area contributed by atoms with Gasteiger partial charge in [-0.1, -0.05) is 29.8 Å². The van der Waals surface area contributed by atoms with Gasteiger partial charge in [-0.2, -0.15) is 0 Å². The van der Waals surface area contributed by atoms with E-state index in [1.165, 1.54) is 12.0 Å². The second kappa shape index (κ2) is 5.21. The van der Waals surface area contributed by atoms with E-state index in [-0.39, 0.29) is 12.1 Å². The summed E-state index contributed by atoms with van der Waals surface area (Å²) in [5.41, 5.74) is 2.37. The van der Waals surface area contributed by atoms with Crippen LogP contribution < -0.4 is 10.6 Å². The van der Waals surface area contributed by atoms with Gasteiger partial charge in [0, 0.05) is 6.04 Å². The number of hydrogen-bond donors (Lipinski definition) is 2. The molecule has 92 valence electrons. The molecule has 17 heavy (non-hydrogen) atoms. The lowest BCUT2D eigenvalue weighted by atomic mass is 9.93. The number of benzene rings is 1. The molecular weight excluding hydrogens is 212 g/mol. The molecular formula is C14H20N2O. The van der Waals surface area contributed by atoms with Gasteiger partial charge in [-0.3, -0.25) is 0 Å². The SMILES string of the molecule is Cc1ccc(C(C)NC(=O)NC2CCC2)cc1. The van der Waals surface area contributed by atoms with Crippen molar-refractivity contribution >= 4 is 6.03 Å². The second-order valence-corrected chi connectivity index (χ2v) is 4.88. The quantitative estimate of drug-likeness (QED) is 0.826. The molecule has 0 aromatic heterocycles. The van der Waals surface area contributed by atoms with E-state index in [1.807, 2.05) is 6.92 Å². The molecule has 0 spiro atoms. The van der Waals surface area contributed by atoms with Gasteiger partial charge in [0.2, 0.25) is 0 Å². The third kappa shape index (κ3) is 3.22. The molecule has 1 aliphatic carbocycles. The lowest BCUT2D eigenvalue weighted by molar-refractivity contribution is 0.225. The second-order valence-electron chi connectivity index (χ2n) is 4.88. The molecule has 3 heteroatoms. The molecule has 0 saturated heterocycles. The fourth-order valence-corrected chi connectivity index (χ4v) is 1.91. The molecule has 1 aliphatic rings. The summed E-state index contributed by atoms with van der Waals surface area (Å²) in [6, 6.07) is 8.64. The van der Waals surface area contributed by atoms with Crippen LogP contribution in [-0.2, 0) is 0 Å². The van der Waals surface area contributed by atoms with Crippen LogP contribution >= 0.6 is 0 Å². The summed E-state index contributed by atoms with van der Waals surface area (Å²) in [5.74, 6) is 0. The van der Waals surface area contributed by atoms with Crippen molar-refractivity contribution in [2.45, 2.75) is 45.2 Å². The summed E-state index contributed by atoms with van der Waals surface area (Å²) in [7, 11) is 0. The highest BCUT2D eigenvalue weighted by Gasteiger charge is 2.20. The van der Waals surface area contributed by atoms with Gasteiger partial charge in [0.1, 0.15) is 0 Å². The third-order valence-electron chi connectivity index (χ3n) is 3.37. The molecule has 1 unspecified atom stereocenters. The molecule has 1 saturated carbocycles. The standard InChI is InChI=1S/C14H20N2O/c1-10-6-8-12(9-7-10)11(2)15-14(17)16-13-4-3-5-13/h6-9,11,13H,3-5H2,1-2H3,(H2,15,16,17). The van der Waals surface area contributed by atoms with Gasteiger partial charge in [0.15, 0.2) is 0 Å². The highest BCUT2D eigenvalue weighted by atomic mass is 16.2. The Hall–Kier alpha value is -1.51. The zero-order chi connectivity index (χ0) is 12.3. The first-order valence-electron chi connectivity index (χ1n) is 6.29. The largest absolute Gasteiger partial charge is 0.335 e. The van der Waals surface area contributed by atoms with Crippen molar-refractivity contribution in [2.24, 2.45) is 0 Å². The van der Waals surface area contributed by atoms with Crippen LogP contribution in [0, 0.1) is 6.92 Å². The first-order valence-corrected chi connectivity index (χ1v) is 6.29. The van der Waals surface area contributed by atoms with Crippen molar-refractivity contribution < 1.29 is 4.79 Å². The van der Waals surface area contributed by atoms with Crippen LogP contribution in [0.1, 0.15) is 43.4 Å². The number of nitrogens with one attached hydrogen (secondary N) is 2. The minimum absolute atomic E-state index is 0.0516. The van der Waals surface area contributed by atoms with Crippen LogP contribution in [0.15, 0.2) is 24.3 Å². The van der Waals surface area contributed by atoms with Gasteiger partial charge in [-0.05, 0) is 38.7 Å². The molecule has 1 aromatic rings. The number of carbonyl (C=O) groups is 1. The Labute approximate surface area is 103 Å². The Balaban J connectivity index is 1.84. The first kappa shape index (κ1) is 12.0. The Morgan fingerprint density at radius 2 is 1.94 bits per heavy atom. The smallest absolute Gasteiger partial charge is 0.315 e. The average Bonchev–Trinajstić information content (AvgIpc) is 2.24. The van der Waals surface area contributed by atoms with Crippen LogP contribution in [0.3, 0.4) is 0 Å². The van der Waals surface area contributed by atoms with Crippen LogP contribution in [0.4, 0.5) is 4.79 Å². The lowest BCUT2D eigenvalue weighted by Gasteiger charge is -2.27. The van der Waals surface area contributed by atoms with Crippen LogP contribution in [0.5, 0.6) is 0 Å². The van der Waals surface area contributed by atoms with Crippen LogP contribution in [-0.4, -0.2) is 12.1 Å². The van der Waals surface area contributed by atoms with E-state index in [2.05, 4.69) is 41.8 Å². The number of hydrogen-bond acceptors (Lipinski definition) is 1. The summed E-state index contributed by atoms with van der Waals surface area (Å²) in [4.78, 5) is 11.7. The summed E-state index contributed by atoms with van der Waals surface area (Å²) in [6.45, 7) is 4.07. The Morgan fingerprint density at radius 3 is 2.47 bits per heavy atom. The van der Waals surface area contributed by atoms with Gasteiger partial charge in [0.25, 0.3) is 0 Å². The number of amides is 2. The summed E-state index contributed by atoms with van der Waals surface area (Å²) >= 11 is 0. The van der Waals surface area contributed by atoms with E-state index < -0.39 is 0 Å². The van der Waals surface area contributed by atoms with Gasteiger partial charge >= 0.3 is 6.03 Å². The maximum absolute atomic E-state index is 11.7. The molecule has 2 amide bonds. The van der Waals surface area contributed by atoms with Crippen LogP contribution in [0.2, 0.25) is 0 Å². The fourth-order valence-electron chi connectivity index (χ4n) is 1.91. The van der Waals surface area contributed by atoms with E-state index in [0.717, 1.165) is 18.4 Å². The lowest BCUT2D eigenvalue weighted by Crippen LogP contribution is -2.45. The monoisotopic (exact) mass is 232 g/mol. The zero-order valence-electron chi connectivity index (χ0n) is 10.5. The zero-order valence-corrected chi connectivity index (χ0v) is 10.5. The maximum Gasteiger partial charge on any atom is 0.315 e. The van der Waals surface area contributed by atoms with Crippen molar-refractivity contribution in [2.75, 3.05) is 0 Å². The van der Waals surface area contributed by atoms with Crippen molar-refractivity contribution in [1.29, 1.82) is 0 Å². The predicted octanol–water partition coefficient (Wildman–Crippen LogP) is 2.91. The molecule has 1 atom stereocenters. The van der Waals surface area contributed by atoms with Gasteiger partial charge in [-0.15, -0.1) is 0 Å². The van der Waals surface area contributed by atoms with Gasteiger partial charge < -0.3 is 10.6 Å². The topological polar surface area (TPSA) is 41.1 Å². The number of rotatable bonds is 3. The molecule has 3 nitrogen and oxygen atoms in total. The molecule has 1 aromatic carbocycles. The minimum Gasteiger partial charge on any atom is -0.335 e. The Bertz CT molecular complexity index is 382. The highest BCUT2D eigenvalue weighted by molar-refractivity contribution is 5.74. The van der Waals surface area contributed by atoms with E-state index in [1.54, 1.807) is 0 Å². The normalized spacial score (nSPS) is 17.1. The number of aryl methyl sites for hydroxylation is 1. The van der Waals surface area contributed by atoms with Gasteiger partial charge in [-0.25, -0.2) is 4.79 Å².